The Morgan fingerprint density at radius 3 is 2.39 bits per heavy atom. The highest BCUT2D eigenvalue weighted by molar-refractivity contribution is 6.02. The van der Waals surface area contributed by atoms with E-state index >= 15 is 0 Å². The van der Waals surface area contributed by atoms with Gasteiger partial charge in [0.25, 0.3) is 0 Å². The second-order valence-corrected chi connectivity index (χ2v) is 8.77. The van der Waals surface area contributed by atoms with Crippen LogP contribution in [0.15, 0.2) is 23.8 Å². The van der Waals surface area contributed by atoms with Gasteiger partial charge >= 0.3 is 6.03 Å². The van der Waals surface area contributed by atoms with Gasteiger partial charge in [-0.25, -0.2) is 23.5 Å². The molecule has 0 spiro atoms. The highest BCUT2D eigenvalue weighted by Gasteiger charge is 2.37. The van der Waals surface area contributed by atoms with E-state index in [1.54, 1.807) is 0 Å². The van der Waals surface area contributed by atoms with E-state index in [-0.39, 0.29) is 17.8 Å². The van der Waals surface area contributed by atoms with Crippen LogP contribution in [0.3, 0.4) is 0 Å². The van der Waals surface area contributed by atoms with Crippen LogP contribution < -0.4 is 15.5 Å². The molecule has 1 fully saturated rings. The first kappa shape index (κ1) is 29.1. The van der Waals surface area contributed by atoms with E-state index in [1.165, 1.54) is 6.07 Å². The molecule has 1 saturated carbocycles. The maximum Gasteiger partial charge on any atom is 0.328 e. The maximum absolute atomic E-state index is 14.7. The van der Waals surface area contributed by atoms with Gasteiger partial charge in [0, 0.05) is 18.7 Å². The van der Waals surface area contributed by atoms with Crippen LogP contribution in [0.4, 0.5) is 31.0 Å². The van der Waals surface area contributed by atoms with Crippen molar-refractivity contribution in [2.24, 2.45) is 5.92 Å². The number of para-hydroxylation sites is 1. The maximum atomic E-state index is 14.7. The van der Waals surface area contributed by atoms with Gasteiger partial charge in [0.05, 0.1) is 12.2 Å². The molecule has 0 unspecified atom stereocenters. The summed E-state index contributed by atoms with van der Waals surface area (Å²) in [5, 5.41) is 5.98. The zero-order chi connectivity index (χ0) is 25.7. The smallest absolute Gasteiger partial charge is 0.328 e. The fourth-order valence-corrected chi connectivity index (χ4v) is 4.10. The molecular formula is C26H38F2N6O2. The Morgan fingerprint density at radius 1 is 1.19 bits per heavy atom. The van der Waals surface area contributed by atoms with Crippen LogP contribution in [0, 0.1) is 17.6 Å². The molecule has 36 heavy (non-hydrogen) atoms. The average molecular weight is 505 g/mol. The summed E-state index contributed by atoms with van der Waals surface area (Å²) in [6, 6.07) is 2.91. The standard InChI is InChI=1S/C24H30F2N6O.C2H6.H2O/c1-5-31(4)12-11-27-23-29-20(19(14(2)3)15-9-10-15)16-13-28-24(33)32(22(16)30-23)21-17(25)7-6-8-18(21)26;1-2;/h6-8,15H,5,9-13H2,1-4H3,(H,28,33)(H,27,29,30);1-2H3;1H2. The number of aromatic nitrogens is 2. The Hall–Kier alpha value is -3.11. The van der Waals surface area contributed by atoms with Crippen molar-refractivity contribution in [1.29, 1.82) is 0 Å². The van der Waals surface area contributed by atoms with Crippen molar-refractivity contribution in [2.75, 3.05) is 36.9 Å². The summed E-state index contributed by atoms with van der Waals surface area (Å²) in [6.07, 6.45) is 2.14. The monoisotopic (exact) mass is 504 g/mol. The van der Waals surface area contributed by atoms with Gasteiger partial charge in [-0.15, -0.1) is 0 Å². The number of anilines is 3. The lowest BCUT2D eigenvalue weighted by atomic mass is 9.97. The fourth-order valence-electron chi connectivity index (χ4n) is 4.10. The lowest BCUT2D eigenvalue weighted by Crippen LogP contribution is -2.43. The molecule has 1 aromatic heterocycles. The summed E-state index contributed by atoms with van der Waals surface area (Å²) in [6.45, 7) is 12.6. The first-order chi connectivity index (χ1) is 16.8. The molecule has 2 amide bonds. The number of carbonyl (C=O) groups is 1. The number of rotatable bonds is 8. The van der Waals surface area contributed by atoms with Crippen molar-refractivity contribution >= 4 is 29.1 Å². The summed E-state index contributed by atoms with van der Waals surface area (Å²) in [4.78, 5) is 25.4. The second kappa shape index (κ2) is 12.7. The van der Waals surface area contributed by atoms with E-state index in [1.807, 2.05) is 34.7 Å². The molecule has 198 valence electrons. The quantitative estimate of drug-likeness (QED) is 0.533. The minimum Gasteiger partial charge on any atom is -0.412 e. The number of urea groups is 1. The van der Waals surface area contributed by atoms with Crippen molar-refractivity contribution in [3.05, 3.63) is 46.7 Å². The number of fused-ring (bicyclic) bond motifs is 1. The van der Waals surface area contributed by atoms with Gasteiger partial charge < -0.3 is 21.0 Å². The van der Waals surface area contributed by atoms with E-state index < -0.39 is 23.4 Å². The second-order valence-electron chi connectivity index (χ2n) is 8.77. The molecule has 0 atom stereocenters. The van der Waals surface area contributed by atoms with Gasteiger partial charge in [0.1, 0.15) is 17.3 Å². The lowest BCUT2D eigenvalue weighted by molar-refractivity contribution is 0.246. The van der Waals surface area contributed by atoms with Crippen molar-refractivity contribution in [3.63, 3.8) is 0 Å². The predicted octanol–water partition coefficient (Wildman–Crippen LogP) is 4.88. The number of allylic oxidation sites excluding steroid dienone is 2. The minimum absolute atomic E-state index is 0. The molecule has 2 aromatic rings. The van der Waals surface area contributed by atoms with E-state index in [2.05, 4.69) is 27.4 Å². The number of nitrogens with zero attached hydrogens (tertiary/aromatic N) is 4. The molecule has 10 heteroatoms. The molecule has 0 saturated heterocycles. The van der Waals surface area contributed by atoms with Crippen LogP contribution >= 0.6 is 0 Å². The molecular weight excluding hydrogens is 466 g/mol. The van der Waals surface area contributed by atoms with E-state index in [0.29, 0.717) is 24.0 Å². The van der Waals surface area contributed by atoms with Crippen LogP contribution in [0.1, 0.15) is 58.7 Å². The summed E-state index contributed by atoms with van der Waals surface area (Å²) < 4.78 is 29.4. The highest BCUT2D eigenvalue weighted by atomic mass is 19.1. The molecule has 1 aromatic carbocycles. The molecule has 0 radical (unpaired) electrons. The molecule has 4 rings (SSSR count). The van der Waals surface area contributed by atoms with Gasteiger partial charge in [0.15, 0.2) is 5.82 Å². The normalized spacial score (nSPS) is 14.2. The molecule has 1 aliphatic carbocycles. The number of hydrogen-bond donors (Lipinski definition) is 2. The fraction of sp³-hybridized carbons (Fsp3) is 0.500. The molecule has 8 nitrogen and oxygen atoms in total. The Labute approximate surface area is 212 Å². The summed E-state index contributed by atoms with van der Waals surface area (Å²) >= 11 is 0. The number of halogens is 2. The topological polar surface area (TPSA) is 105 Å². The van der Waals surface area contributed by atoms with Crippen molar-refractivity contribution < 1.29 is 19.1 Å². The Balaban J connectivity index is 0.00000148. The third-order valence-electron chi connectivity index (χ3n) is 6.07. The van der Waals surface area contributed by atoms with Crippen LogP contribution in [0.2, 0.25) is 0 Å². The Morgan fingerprint density at radius 2 is 1.83 bits per heavy atom. The number of benzene rings is 1. The largest absolute Gasteiger partial charge is 0.412 e. The SMILES string of the molecule is CC.CCN(C)CCNc1nc(C(=C(C)C)C2CC2)c2c(n1)N(c1c(F)cccc1F)C(=O)NC2.O. The zero-order valence-electron chi connectivity index (χ0n) is 22.0. The molecule has 1 aliphatic heterocycles. The molecule has 2 aliphatic rings. The highest BCUT2D eigenvalue weighted by Crippen LogP contribution is 2.46. The average Bonchev–Trinajstić information content (AvgIpc) is 3.66. The van der Waals surface area contributed by atoms with E-state index in [4.69, 9.17) is 4.98 Å². The number of amides is 2. The first-order valence-corrected chi connectivity index (χ1v) is 12.3. The lowest BCUT2D eigenvalue weighted by Gasteiger charge is -2.31. The minimum atomic E-state index is -0.832. The van der Waals surface area contributed by atoms with Crippen molar-refractivity contribution in [2.45, 2.75) is 54.0 Å². The van der Waals surface area contributed by atoms with Crippen molar-refractivity contribution in [3.8, 4) is 0 Å². The van der Waals surface area contributed by atoms with Crippen LogP contribution in [0.25, 0.3) is 5.57 Å². The van der Waals surface area contributed by atoms with Crippen LogP contribution in [-0.2, 0) is 6.54 Å². The number of likely N-dealkylation sites (N-methyl/N-ethyl adjacent to an activating group) is 1. The summed E-state index contributed by atoms with van der Waals surface area (Å²) in [7, 11) is 2.02. The van der Waals surface area contributed by atoms with Crippen molar-refractivity contribution in [1.82, 2.24) is 20.2 Å². The number of carbonyl (C=O) groups excluding carboxylic acids is 1. The van der Waals surface area contributed by atoms with Crippen LogP contribution in [-0.4, -0.2) is 53.1 Å². The summed E-state index contributed by atoms with van der Waals surface area (Å²) in [5.41, 5.74) is 3.21. The molecule has 4 N–H and O–H groups in total. The van der Waals surface area contributed by atoms with Crippen LogP contribution in [0.5, 0.6) is 0 Å². The molecule has 2 heterocycles. The van der Waals surface area contributed by atoms with Gasteiger partial charge in [-0.3, -0.25) is 0 Å². The number of nitrogens with one attached hydrogen (secondary N) is 2. The van der Waals surface area contributed by atoms with Gasteiger partial charge in [-0.1, -0.05) is 32.4 Å². The first-order valence-electron chi connectivity index (χ1n) is 12.3. The Kier molecular flexibility index (Phi) is 10.3. The third kappa shape index (κ3) is 6.17. The van der Waals surface area contributed by atoms with E-state index in [9.17, 15) is 13.6 Å². The summed E-state index contributed by atoms with van der Waals surface area (Å²) in [5.74, 6) is -0.726. The third-order valence-corrected chi connectivity index (χ3v) is 6.07. The zero-order valence-corrected chi connectivity index (χ0v) is 22.0. The van der Waals surface area contributed by atoms with Gasteiger partial charge in [-0.05, 0) is 63.9 Å². The number of hydrogen-bond acceptors (Lipinski definition) is 5. The predicted molar refractivity (Wildman–Crippen MR) is 140 cm³/mol. The van der Waals surface area contributed by atoms with E-state index in [0.717, 1.165) is 59.8 Å². The van der Waals surface area contributed by atoms with Gasteiger partial charge in [-0.2, -0.15) is 4.98 Å². The Bertz CT molecular complexity index is 1080. The molecule has 0 bridgehead atoms. The van der Waals surface area contributed by atoms with Gasteiger partial charge in [0.2, 0.25) is 5.95 Å².